The van der Waals surface area contributed by atoms with Crippen LogP contribution in [0.25, 0.3) is 0 Å². The fourth-order valence-corrected chi connectivity index (χ4v) is 3.58. The molecule has 0 aromatic heterocycles. The highest BCUT2D eigenvalue weighted by Crippen LogP contribution is 2.28. The first-order valence-corrected chi connectivity index (χ1v) is 9.53. The smallest absolute Gasteiger partial charge is 0.253 e. The van der Waals surface area contributed by atoms with Crippen molar-refractivity contribution in [1.82, 2.24) is 10.2 Å². The van der Waals surface area contributed by atoms with Gasteiger partial charge in [-0.15, -0.1) is 0 Å². The minimum absolute atomic E-state index is 0.0273. The Morgan fingerprint density at radius 1 is 1.19 bits per heavy atom. The first-order chi connectivity index (χ1) is 13.1. The molecule has 1 unspecified atom stereocenters. The molecule has 27 heavy (non-hydrogen) atoms. The highest BCUT2D eigenvalue weighted by Gasteiger charge is 2.24. The topological polar surface area (TPSA) is 50.8 Å². The van der Waals surface area contributed by atoms with E-state index in [1.807, 2.05) is 24.3 Å². The molecule has 2 aromatic rings. The summed E-state index contributed by atoms with van der Waals surface area (Å²) < 4.78 is 10.7. The van der Waals surface area contributed by atoms with Gasteiger partial charge >= 0.3 is 0 Å². The van der Waals surface area contributed by atoms with Gasteiger partial charge in [-0.25, -0.2) is 0 Å². The van der Waals surface area contributed by atoms with E-state index in [1.165, 1.54) is 7.11 Å². The fourth-order valence-electron chi connectivity index (χ4n) is 3.16. The first kappa shape index (κ1) is 20.0. The molecular weight excluding hydrogens is 387 g/mol. The molecule has 3 rings (SSSR count). The Morgan fingerprint density at radius 3 is 2.56 bits per heavy atom. The fraction of sp³-hybridized carbons (Fsp3) is 0.350. The molecule has 1 heterocycles. The van der Waals surface area contributed by atoms with Crippen LogP contribution in [0.2, 0.25) is 10.0 Å². The Hall–Kier alpha value is -1.79. The van der Waals surface area contributed by atoms with Crippen LogP contribution in [-0.4, -0.2) is 50.8 Å². The Kier molecular flexibility index (Phi) is 6.96. The number of hydrogen-bond acceptors (Lipinski definition) is 4. The Morgan fingerprint density at radius 2 is 1.89 bits per heavy atom. The van der Waals surface area contributed by atoms with E-state index in [2.05, 4.69) is 10.2 Å². The van der Waals surface area contributed by atoms with Gasteiger partial charge in [0.15, 0.2) is 0 Å². The van der Waals surface area contributed by atoms with Crippen LogP contribution in [0.1, 0.15) is 22.0 Å². The minimum Gasteiger partial charge on any atom is -0.495 e. The molecule has 1 aliphatic rings. The SMILES string of the molecule is COc1cccc(C(=O)NCC(c2ccc(Cl)cc2)N2CCOCC2)c1Cl. The monoisotopic (exact) mass is 408 g/mol. The van der Waals surface area contributed by atoms with Gasteiger partial charge in [0, 0.05) is 24.7 Å². The molecule has 1 fully saturated rings. The van der Waals surface area contributed by atoms with E-state index in [9.17, 15) is 4.79 Å². The Labute approximate surface area is 169 Å². The molecule has 0 spiro atoms. The highest BCUT2D eigenvalue weighted by molar-refractivity contribution is 6.35. The van der Waals surface area contributed by atoms with Crippen LogP contribution in [0.4, 0.5) is 0 Å². The number of nitrogens with zero attached hydrogens (tertiary/aromatic N) is 1. The number of halogens is 2. The second-order valence-corrected chi connectivity index (χ2v) is 7.06. The lowest BCUT2D eigenvalue weighted by Crippen LogP contribution is -2.43. The van der Waals surface area contributed by atoms with Crippen molar-refractivity contribution in [3.63, 3.8) is 0 Å². The zero-order valence-electron chi connectivity index (χ0n) is 15.1. The predicted octanol–water partition coefficient (Wildman–Crippen LogP) is 3.81. The average Bonchev–Trinajstić information content (AvgIpc) is 2.70. The summed E-state index contributed by atoms with van der Waals surface area (Å²) in [4.78, 5) is 15.0. The number of nitrogens with one attached hydrogen (secondary N) is 1. The van der Waals surface area contributed by atoms with Crippen molar-refractivity contribution in [2.75, 3.05) is 40.0 Å². The third kappa shape index (κ3) is 4.93. The molecule has 144 valence electrons. The van der Waals surface area contributed by atoms with Crippen molar-refractivity contribution in [2.24, 2.45) is 0 Å². The number of rotatable bonds is 6. The molecule has 1 amide bonds. The number of amides is 1. The molecular formula is C20H22Cl2N2O3. The molecule has 0 aliphatic carbocycles. The zero-order valence-corrected chi connectivity index (χ0v) is 16.6. The quantitative estimate of drug-likeness (QED) is 0.789. The maximum atomic E-state index is 12.7. The van der Waals surface area contributed by atoms with Crippen LogP contribution in [-0.2, 0) is 4.74 Å². The van der Waals surface area contributed by atoms with Crippen LogP contribution in [0.3, 0.4) is 0 Å². The maximum absolute atomic E-state index is 12.7. The van der Waals surface area contributed by atoms with E-state index in [0.717, 1.165) is 18.7 Å². The number of methoxy groups -OCH3 is 1. The van der Waals surface area contributed by atoms with Crippen molar-refractivity contribution in [1.29, 1.82) is 0 Å². The third-order valence-electron chi connectivity index (χ3n) is 4.63. The summed E-state index contributed by atoms with van der Waals surface area (Å²) in [6, 6.07) is 12.9. The summed E-state index contributed by atoms with van der Waals surface area (Å²) in [7, 11) is 1.53. The van der Waals surface area contributed by atoms with Gasteiger partial charge in [0.25, 0.3) is 5.91 Å². The summed E-state index contributed by atoms with van der Waals surface area (Å²) in [6.07, 6.45) is 0. The van der Waals surface area contributed by atoms with Crippen molar-refractivity contribution >= 4 is 29.1 Å². The van der Waals surface area contributed by atoms with Crippen molar-refractivity contribution in [3.05, 3.63) is 63.6 Å². The van der Waals surface area contributed by atoms with Crippen LogP contribution in [0.5, 0.6) is 5.75 Å². The van der Waals surface area contributed by atoms with Crippen LogP contribution >= 0.6 is 23.2 Å². The molecule has 0 bridgehead atoms. The molecule has 1 aliphatic heterocycles. The number of benzene rings is 2. The Bertz CT molecular complexity index is 777. The summed E-state index contributed by atoms with van der Waals surface area (Å²) in [6.45, 7) is 3.43. The van der Waals surface area contributed by atoms with Gasteiger partial charge in [-0.3, -0.25) is 9.69 Å². The Balaban J connectivity index is 1.76. The molecule has 0 saturated carbocycles. The van der Waals surface area contributed by atoms with E-state index in [4.69, 9.17) is 32.7 Å². The first-order valence-electron chi connectivity index (χ1n) is 8.78. The van der Waals surface area contributed by atoms with E-state index >= 15 is 0 Å². The van der Waals surface area contributed by atoms with Gasteiger partial charge in [-0.1, -0.05) is 41.4 Å². The van der Waals surface area contributed by atoms with E-state index in [0.29, 0.717) is 41.1 Å². The molecule has 1 saturated heterocycles. The van der Waals surface area contributed by atoms with Gasteiger partial charge in [-0.05, 0) is 29.8 Å². The number of ether oxygens (including phenoxy) is 2. The molecule has 1 atom stereocenters. The lowest BCUT2D eigenvalue weighted by molar-refractivity contribution is 0.0162. The maximum Gasteiger partial charge on any atom is 0.253 e. The normalized spacial score (nSPS) is 16.0. The minimum atomic E-state index is -0.230. The highest BCUT2D eigenvalue weighted by atomic mass is 35.5. The van der Waals surface area contributed by atoms with Crippen LogP contribution < -0.4 is 10.1 Å². The van der Waals surface area contributed by atoms with Crippen molar-refractivity contribution < 1.29 is 14.3 Å². The van der Waals surface area contributed by atoms with Crippen molar-refractivity contribution in [2.45, 2.75) is 6.04 Å². The van der Waals surface area contributed by atoms with Gasteiger partial charge in [0.1, 0.15) is 5.75 Å². The van der Waals surface area contributed by atoms with E-state index in [-0.39, 0.29) is 11.9 Å². The zero-order chi connectivity index (χ0) is 19.2. The summed E-state index contributed by atoms with van der Waals surface area (Å²) in [5, 5.41) is 4.01. The van der Waals surface area contributed by atoms with Crippen LogP contribution in [0.15, 0.2) is 42.5 Å². The second kappa shape index (κ2) is 9.42. The second-order valence-electron chi connectivity index (χ2n) is 6.25. The molecule has 0 radical (unpaired) electrons. The molecule has 2 aromatic carbocycles. The lowest BCUT2D eigenvalue weighted by Gasteiger charge is -2.35. The lowest BCUT2D eigenvalue weighted by atomic mass is 10.0. The van der Waals surface area contributed by atoms with E-state index < -0.39 is 0 Å². The number of carbonyl (C=O) groups is 1. The van der Waals surface area contributed by atoms with Crippen molar-refractivity contribution in [3.8, 4) is 5.75 Å². The standard InChI is InChI=1S/C20H22Cl2N2O3/c1-26-18-4-2-3-16(19(18)22)20(25)23-13-17(24-9-11-27-12-10-24)14-5-7-15(21)8-6-14/h2-8,17H,9-13H2,1H3,(H,23,25). The summed E-state index contributed by atoms with van der Waals surface area (Å²) in [5.41, 5.74) is 1.49. The summed E-state index contributed by atoms with van der Waals surface area (Å²) in [5.74, 6) is 0.248. The van der Waals surface area contributed by atoms with Crippen LogP contribution in [0, 0.1) is 0 Å². The number of hydrogen-bond donors (Lipinski definition) is 1. The molecule has 5 nitrogen and oxygen atoms in total. The van der Waals surface area contributed by atoms with Gasteiger partial charge in [0.05, 0.1) is 37.0 Å². The van der Waals surface area contributed by atoms with E-state index in [1.54, 1.807) is 18.2 Å². The number of morpholine rings is 1. The van der Waals surface area contributed by atoms with Gasteiger partial charge in [-0.2, -0.15) is 0 Å². The molecule has 7 heteroatoms. The van der Waals surface area contributed by atoms with Gasteiger partial charge < -0.3 is 14.8 Å². The van der Waals surface area contributed by atoms with Gasteiger partial charge in [0.2, 0.25) is 0 Å². The molecule has 1 N–H and O–H groups in total. The predicted molar refractivity (Wildman–Crippen MR) is 107 cm³/mol. The summed E-state index contributed by atoms with van der Waals surface area (Å²) >= 11 is 12.3. The number of carbonyl (C=O) groups excluding carboxylic acids is 1. The average molecular weight is 409 g/mol. The largest absolute Gasteiger partial charge is 0.495 e. The third-order valence-corrected chi connectivity index (χ3v) is 5.27.